The Hall–Kier alpha value is -1.67. The average molecular weight is 386 g/mol. The third kappa shape index (κ3) is 7.10. The van der Waals surface area contributed by atoms with Gasteiger partial charge in [-0.2, -0.15) is 0 Å². The van der Waals surface area contributed by atoms with Gasteiger partial charge >= 0.3 is 0 Å². The molecule has 0 aromatic carbocycles. The van der Waals surface area contributed by atoms with Crippen LogP contribution in [-0.2, 0) is 14.4 Å². The quantitative estimate of drug-likeness (QED) is 0.242. The Morgan fingerprint density at radius 2 is 1.93 bits per heavy atom. The number of aliphatic hydroxyl groups is 1. The molecule has 0 saturated carbocycles. The molecule has 0 aliphatic carbocycles. The molecule has 1 heterocycles. The molecule has 0 radical (unpaired) electrons. The molecule has 27 heavy (non-hydrogen) atoms. The van der Waals surface area contributed by atoms with E-state index in [9.17, 15) is 19.5 Å². The maximum absolute atomic E-state index is 12.9. The summed E-state index contributed by atoms with van der Waals surface area (Å²) in [4.78, 5) is 38.9. The highest BCUT2D eigenvalue weighted by Crippen LogP contribution is 2.21. The van der Waals surface area contributed by atoms with Crippen LogP contribution in [0.5, 0.6) is 0 Å². The van der Waals surface area contributed by atoms with Crippen LogP contribution < -0.4 is 10.8 Å². The van der Waals surface area contributed by atoms with Gasteiger partial charge in [0, 0.05) is 18.9 Å². The molecule has 0 spiro atoms. The van der Waals surface area contributed by atoms with Gasteiger partial charge in [0.05, 0.1) is 12.6 Å². The number of rotatable bonds is 11. The van der Waals surface area contributed by atoms with Crippen LogP contribution in [0, 0.1) is 11.8 Å². The Morgan fingerprint density at radius 3 is 2.48 bits per heavy atom. The van der Waals surface area contributed by atoms with Crippen molar-refractivity contribution < 1.29 is 24.7 Å². The minimum absolute atomic E-state index is 0.0825. The third-order valence-corrected chi connectivity index (χ3v) is 5.18. The number of carbonyl (C=O) groups is 3. The number of likely N-dealkylation sites (tertiary alicyclic amines) is 1. The summed E-state index contributed by atoms with van der Waals surface area (Å²) in [6, 6.07) is -0.897. The van der Waals surface area contributed by atoms with Crippen molar-refractivity contribution in [3.63, 3.8) is 0 Å². The molecule has 0 bridgehead atoms. The van der Waals surface area contributed by atoms with Gasteiger partial charge in [-0.25, -0.2) is 5.48 Å². The van der Waals surface area contributed by atoms with Gasteiger partial charge in [-0.1, -0.05) is 40.0 Å². The summed E-state index contributed by atoms with van der Waals surface area (Å²) in [6.45, 7) is 6.27. The maximum Gasteiger partial charge on any atom is 0.245 e. The molecule has 8 heteroatoms. The van der Waals surface area contributed by atoms with E-state index in [4.69, 9.17) is 5.21 Å². The van der Waals surface area contributed by atoms with Gasteiger partial charge in [0.1, 0.15) is 6.04 Å². The summed E-state index contributed by atoms with van der Waals surface area (Å²) in [6.07, 6.45) is 4.74. The van der Waals surface area contributed by atoms with E-state index in [0.717, 1.165) is 32.1 Å². The number of hydroxylamine groups is 1. The number of nitrogens with zero attached hydrogens (tertiary/aromatic N) is 1. The zero-order valence-electron chi connectivity index (χ0n) is 16.7. The van der Waals surface area contributed by atoms with Crippen molar-refractivity contribution in [1.82, 2.24) is 15.7 Å². The van der Waals surface area contributed by atoms with Crippen LogP contribution in [0.25, 0.3) is 0 Å². The lowest BCUT2D eigenvalue weighted by atomic mass is 9.94. The van der Waals surface area contributed by atoms with Crippen LogP contribution in [-0.4, -0.2) is 58.2 Å². The average Bonchev–Trinajstić information content (AvgIpc) is 3.13. The van der Waals surface area contributed by atoms with Crippen molar-refractivity contribution in [2.75, 3.05) is 13.2 Å². The second-order valence-corrected chi connectivity index (χ2v) is 7.67. The van der Waals surface area contributed by atoms with Gasteiger partial charge < -0.3 is 15.3 Å². The Morgan fingerprint density at radius 1 is 1.22 bits per heavy atom. The minimum Gasteiger partial charge on any atom is -0.394 e. The highest BCUT2D eigenvalue weighted by atomic mass is 16.5. The smallest absolute Gasteiger partial charge is 0.245 e. The number of hydrogen-bond acceptors (Lipinski definition) is 5. The Bertz CT molecular complexity index is 498. The molecule has 1 saturated heterocycles. The van der Waals surface area contributed by atoms with Crippen molar-refractivity contribution in [3.05, 3.63) is 0 Å². The summed E-state index contributed by atoms with van der Waals surface area (Å²) in [7, 11) is 0. The molecule has 8 nitrogen and oxygen atoms in total. The van der Waals surface area contributed by atoms with E-state index >= 15 is 0 Å². The second kappa shape index (κ2) is 11.9. The Labute approximate surface area is 161 Å². The van der Waals surface area contributed by atoms with Gasteiger partial charge in [-0.05, 0) is 25.2 Å². The minimum atomic E-state index is -0.699. The van der Waals surface area contributed by atoms with Crippen LogP contribution in [0.4, 0.5) is 0 Å². The van der Waals surface area contributed by atoms with Crippen molar-refractivity contribution in [3.8, 4) is 0 Å². The summed E-state index contributed by atoms with van der Waals surface area (Å²) in [5.74, 6) is -1.86. The third-order valence-electron chi connectivity index (χ3n) is 5.18. The number of carbonyl (C=O) groups excluding carboxylic acids is 3. The zero-order valence-corrected chi connectivity index (χ0v) is 16.7. The van der Waals surface area contributed by atoms with Gasteiger partial charge in [0.2, 0.25) is 17.7 Å². The lowest BCUT2D eigenvalue weighted by molar-refractivity contribution is -0.141. The second-order valence-electron chi connectivity index (χ2n) is 7.67. The molecular weight excluding hydrogens is 350 g/mol. The van der Waals surface area contributed by atoms with Crippen molar-refractivity contribution in [1.29, 1.82) is 0 Å². The largest absolute Gasteiger partial charge is 0.394 e. The van der Waals surface area contributed by atoms with Crippen LogP contribution >= 0.6 is 0 Å². The first-order valence-corrected chi connectivity index (χ1v) is 10.00. The number of unbranched alkanes of at least 4 members (excludes halogenated alkanes) is 2. The Kier molecular flexibility index (Phi) is 10.3. The standard InChI is InChI=1S/C19H35N3O5/c1-4-5-6-8-14(11-16(24)21-27)18(25)20-17(13(2)3)19(26)22-10-7-9-15(22)12-23/h13-15,17,23,27H,4-12H2,1-3H3,(H,20,25)(H,21,24)/t14?,15?,17-/m0/s1. The number of aliphatic hydroxyl groups excluding tert-OH is 1. The Balaban J connectivity index is 2.82. The molecule has 2 unspecified atom stereocenters. The molecule has 0 aromatic heterocycles. The fourth-order valence-electron chi connectivity index (χ4n) is 3.51. The highest BCUT2D eigenvalue weighted by molar-refractivity contribution is 5.91. The van der Waals surface area contributed by atoms with E-state index in [1.54, 1.807) is 10.4 Å². The van der Waals surface area contributed by atoms with E-state index in [1.165, 1.54) is 0 Å². The summed E-state index contributed by atoms with van der Waals surface area (Å²) < 4.78 is 0. The summed E-state index contributed by atoms with van der Waals surface area (Å²) in [5.41, 5.74) is 1.58. The van der Waals surface area contributed by atoms with Gasteiger partial charge in [0.25, 0.3) is 0 Å². The molecule has 3 atom stereocenters. The van der Waals surface area contributed by atoms with Gasteiger partial charge in [0.15, 0.2) is 0 Å². The van der Waals surface area contributed by atoms with Crippen LogP contribution in [0.15, 0.2) is 0 Å². The maximum atomic E-state index is 12.9. The molecule has 1 aliphatic heterocycles. The van der Waals surface area contributed by atoms with Crippen LogP contribution in [0.3, 0.4) is 0 Å². The van der Waals surface area contributed by atoms with E-state index in [0.29, 0.717) is 13.0 Å². The molecule has 4 N–H and O–H groups in total. The number of hydrogen-bond donors (Lipinski definition) is 4. The van der Waals surface area contributed by atoms with Crippen LogP contribution in [0.1, 0.15) is 65.7 Å². The predicted octanol–water partition coefficient (Wildman–Crippen LogP) is 1.20. The fourth-order valence-corrected chi connectivity index (χ4v) is 3.51. The summed E-state index contributed by atoms with van der Waals surface area (Å²) in [5, 5.41) is 21.1. The molecule has 3 amide bonds. The first-order chi connectivity index (χ1) is 12.8. The van der Waals surface area contributed by atoms with E-state index in [-0.39, 0.29) is 36.8 Å². The number of amides is 3. The lowest BCUT2D eigenvalue weighted by Crippen LogP contribution is -2.54. The fraction of sp³-hybridized carbons (Fsp3) is 0.842. The van der Waals surface area contributed by atoms with Crippen molar-refractivity contribution >= 4 is 17.7 Å². The monoisotopic (exact) mass is 385 g/mol. The lowest BCUT2D eigenvalue weighted by Gasteiger charge is -2.31. The van der Waals surface area contributed by atoms with Crippen molar-refractivity contribution in [2.24, 2.45) is 11.8 Å². The molecular formula is C19H35N3O5. The molecule has 1 fully saturated rings. The highest BCUT2D eigenvalue weighted by Gasteiger charge is 2.36. The molecule has 1 aliphatic rings. The summed E-state index contributed by atoms with van der Waals surface area (Å²) >= 11 is 0. The number of nitrogens with one attached hydrogen (secondary N) is 2. The van der Waals surface area contributed by atoms with Gasteiger partial charge in [-0.3, -0.25) is 19.6 Å². The van der Waals surface area contributed by atoms with E-state index < -0.39 is 17.9 Å². The first-order valence-electron chi connectivity index (χ1n) is 10.00. The predicted molar refractivity (Wildman–Crippen MR) is 101 cm³/mol. The SMILES string of the molecule is CCCCCC(CC(=O)NO)C(=O)N[C@H](C(=O)N1CCCC1CO)C(C)C. The molecule has 156 valence electrons. The van der Waals surface area contributed by atoms with Crippen LogP contribution in [0.2, 0.25) is 0 Å². The van der Waals surface area contributed by atoms with Crippen molar-refractivity contribution in [2.45, 2.75) is 77.8 Å². The van der Waals surface area contributed by atoms with E-state index in [2.05, 4.69) is 12.2 Å². The van der Waals surface area contributed by atoms with Gasteiger partial charge in [-0.15, -0.1) is 0 Å². The zero-order chi connectivity index (χ0) is 20.4. The first kappa shape index (κ1) is 23.4. The normalized spacial score (nSPS) is 19.0. The molecule has 1 rings (SSSR count). The van der Waals surface area contributed by atoms with E-state index in [1.807, 2.05) is 13.8 Å². The molecule has 0 aromatic rings. The topological polar surface area (TPSA) is 119 Å².